The zero-order chi connectivity index (χ0) is 28.5. The van der Waals surface area contributed by atoms with Gasteiger partial charge in [0.05, 0.1) is 0 Å². The van der Waals surface area contributed by atoms with Crippen LogP contribution >= 0.6 is 0 Å². The lowest BCUT2D eigenvalue weighted by Gasteiger charge is -2.32. The number of alkyl carbamates (subject to hydrolysis) is 1. The van der Waals surface area contributed by atoms with Gasteiger partial charge in [0.25, 0.3) is 0 Å². The molecule has 0 fully saturated rings. The Morgan fingerprint density at radius 1 is 1.03 bits per heavy atom. The maximum absolute atomic E-state index is 13.9. The number of hydrogen-bond acceptors (Lipinski definition) is 6. The van der Waals surface area contributed by atoms with E-state index in [0.29, 0.717) is 17.7 Å². The normalized spacial score (nSPS) is 12.8. The molecule has 0 aliphatic rings. The van der Waals surface area contributed by atoms with Crippen LogP contribution in [0.3, 0.4) is 0 Å². The van der Waals surface area contributed by atoms with E-state index in [1.165, 1.54) is 24.1 Å². The van der Waals surface area contributed by atoms with Crippen LogP contribution in [0.5, 0.6) is 11.5 Å². The lowest BCUT2D eigenvalue weighted by Crippen LogP contribution is -2.52. The Hall–Kier alpha value is -3.75. The maximum Gasteiger partial charge on any atom is 0.408 e. The van der Waals surface area contributed by atoms with Gasteiger partial charge in [0.2, 0.25) is 11.8 Å². The third-order valence-corrected chi connectivity index (χ3v) is 5.99. The summed E-state index contributed by atoms with van der Waals surface area (Å²) in [5, 5.41) is 26.0. The molecule has 4 N–H and O–H groups in total. The molecule has 2 rings (SSSR count). The van der Waals surface area contributed by atoms with Crippen molar-refractivity contribution in [3.05, 3.63) is 59.2 Å². The molecule has 0 aliphatic carbocycles. The second-order valence-electron chi connectivity index (χ2n) is 10.4. The van der Waals surface area contributed by atoms with Crippen LogP contribution < -0.4 is 10.6 Å². The molecule has 2 aromatic rings. The van der Waals surface area contributed by atoms with Crippen LogP contribution in [-0.2, 0) is 20.7 Å². The second kappa shape index (κ2) is 13.7. The highest BCUT2D eigenvalue weighted by Crippen LogP contribution is 2.31. The zero-order valence-corrected chi connectivity index (χ0v) is 23.2. The maximum atomic E-state index is 13.9. The molecule has 9 heteroatoms. The molecular weight excluding hydrogens is 486 g/mol. The molecule has 0 heterocycles. The monoisotopic (exact) mass is 527 g/mol. The molecular formula is C29H41N3O6. The molecule has 0 radical (unpaired) electrons. The van der Waals surface area contributed by atoms with Gasteiger partial charge in [0.15, 0.2) is 0 Å². The lowest BCUT2D eigenvalue weighted by molar-refractivity contribution is -0.140. The number of carbonyl (C=O) groups excluding carboxylic acids is 3. The average Bonchev–Trinajstić information content (AvgIpc) is 2.84. The molecule has 0 saturated carbocycles. The number of aromatic hydroxyl groups is 2. The molecule has 0 saturated heterocycles. The zero-order valence-electron chi connectivity index (χ0n) is 23.2. The highest BCUT2D eigenvalue weighted by atomic mass is 16.6. The number of unbranched alkanes of at least 4 members (excludes halogenated alkanes) is 2. The van der Waals surface area contributed by atoms with E-state index in [9.17, 15) is 24.6 Å². The lowest BCUT2D eigenvalue weighted by atomic mass is 9.98. The van der Waals surface area contributed by atoms with E-state index in [-0.39, 0.29) is 23.5 Å². The van der Waals surface area contributed by atoms with Crippen molar-refractivity contribution in [1.29, 1.82) is 0 Å². The Morgan fingerprint density at radius 3 is 2.29 bits per heavy atom. The first kappa shape index (κ1) is 30.5. The Labute approximate surface area is 225 Å². The average molecular weight is 528 g/mol. The van der Waals surface area contributed by atoms with Crippen LogP contribution in [0.2, 0.25) is 0 Å². The van der Waals surface area contributed by atoms with Crippen molar-refractivity contribution in [3.63, 3.8) is 0 Å². The van der Waals surface area contributed by atoms with Crippen molar-refractivity contribution in [2.75, 3.05) is 13.6 Å². The molecule has 0 aromatic heterocycles. The van der Waals surface area contributed by atoms with E-state index in [4.69, 9.17) is 4.74 Å². The quantitative estimate of drug-likeness (QED) is 0.322. The summed E-state index contributed by atoms with van der Waals surface area (Å²) < 4.78 is 5.38. The SMILES string of the molecule is CCCCCNC(=O)C(c1cccc(C)c1O)N(C)C(=O)C(Cc1ccc(O)cc1)NC(=O)OC(C)(C)C. The smallest absolute Gasteiger partial charge is 0.408 e. The summed E-state index contributed by atoms with van der Waals surface area (Å²) in [6, 6.07) is 9.11. The number of rotatable bonds is 11. The second-order valence-corrected chi connectivity index (χ2v) is 10.4. The number of benzene rings is 2. The van der Waals surface area contributed by atoms with Gasteiger partial charge in [-0.05, 0) is 57.4 Å². The van der Waals surface area contributed by atoms with Crippen LogP contribution in [0.1, 0.15) is 69.7 Å². The van der Waals surface area contributed by atoms with Gasteiger partial charge in [-0.1, -0.05) is 50.1 Å². The van der Waals surface area contributed by atoms with Crippen molar-refractivity contribution < 1.29 is 29.3 Å². The number of nitrogens with one attached hydrogen (secondary N) is 2. The molecule has 2 unspecified atom stereocenters. The number of hydrogen-bond donors (Lipinski definition) is 4. The number of phenols is 2. The van der Waals surface area contributed by atoms with Crippen molar-refractivity contribution in [2.24, 2.45) is 0 Å². The van der Waals surface area contributed by atoms with Crippen LogP contribution in [0.4, 0.5) is 4.79 Å². The third kappa shape index (κ3) is 8.97. The highest BCUT2D eigenvalue weighted by molar-refractivity contribution is 5.92. The van der Waals surface area contributed by atoms with Gasteiger partial charge < -0.3 is 30.5 Å². The highest BCUT2D eigenvalue weighted by Gasteiger charge is 2.35. The van der Waals surface area contributed by atoms with Crippen molar-refractivity contribution >= 4 is 17.9 Å². The van der Waals surface area contributed by atoms with E-state index in [0.717, 1.165) is 19.3 Å². The van der Waals surface area contributed by atoms with Gasteiger partial charge in [-0.3, -0.25) is 9.59 Å². The number of phenolic OH excluding ortho intramolecular Hbond substituents is 2. The first-order valence-corrected chi connectivity index (χ1v) is 12.9. The summed E-state index contributed by atoms with van der Waals surface area (Å²) in [6.45, 7) is 9.37. The number of likely N-dealkylation sites (N-methyl/N-ethyl adjacent to an activating group) is 1. The molecule has 3 amide bonds. The summed E-state index contributed by atoms with van der Waals surface area (Å²) in [6.07, 6.45) is 2.04. The minimum Gasteiger partial charge on any atom is -0.508 e. The Balaban J connectivity index is 2.41. The first-order chi connectivity index (χ1) is 17.8. The molecule has 0 bridgehead atoms. The van der Waals surface area contributed by atoms with Gasteiger partial charge in [-0.25, -0.2) is 4.79 Å². The van der Waals surface area contributed by atoms with Crippen LogP contribution in [0.25, 0.3) is 0 Å². The summed E-state index contributed by atoms with van der Waals surface area (Å²) in [7, 11) is 1.47. The summed E-state index contributed by atoms with van der Waals surface area (Å²) in [5.74, 6) is -0.975. The molecule has 2 aromatic carbocycles. The predicted molar refractivity (Wildman–Crippen MR) is 146 cm³/mol. The van der Waals surface area contributed by atoms with Crippen molar-refractivity contribution in [1.82, 2.24) is 15.5 Å². The molecule has 0 aliphatic heterocycles. The Morgan fingerprint density at radius 2 is 1.68 bits per heavy atom. The van der Waals surface area contributed by atoms with Crippen LogP contribution in [-0.4, -0.2) is 58.3 Å². The van der Waals surface area contributed by atoms with Gasteiger partial charge in [0.1, 0.15) is 29.2 Å². The minimum atomic E-state index is -1.13. The summed E-state index contributed by atoms with van der Waals surface area (Å²) in [4.78, 5) is 41.1. The number of amides is 3. The Bertz CT molecular complexity index is 1090. The van der Waals surface area contributed by atoms with Crippen LogP contribution in [0.15, 0.2) is 42.5 Å². The van der Waals surface area contributed by atoms with Crippen molar-refractivity contribution in [2.45, 2.75) is 78.0 Å². The first-order valence-electron chi connectivity index (χ1n) is 12.9. The number of carbonyl (C=O) groups is 3. The largest absolute Gasteiger partial charge is 0.508 e. The molecule has 9 nitrogen and oxygen atoms in total. The van der Waals surface area contributed by atoms with Crippen molar-refractivity contribution in [3.8, 4) is 11.5 Å². The van der Waals surface area contributed by atoms with Gasteiger partial charge in [-0.15, -0.1) is 0 Å². The predicted octanol–water partition coefficient (Wildman–Crippen LogP) is 4.35. The topological polar surface area (TPSA) is 128 Å². The van der Waals surface area contributed by atoms with Gasteiger partial charge in [-0.2, -0.15) is 0 Å². The van der Waals surface area contributed by atoms with E-state index in [1.807, 2.05) is 0 Å². The fraction of sp³-hybridized carbons (Fsp3) is 0.483. The number of nitrogens with zero attached hydrogens (tertiary/aromatic N) is 1. The third-order valence-electron chi connectivity index (χ3n) is 5.99. The standard InChI is InChI=1S/C29H41N3O6/c1-7-8-9-17-30-26(35)24(22-12-10-11-19(2)25(22)34)32(6)27(36)23(31-28(37)38-29(3,4)5)18-20-13-15-21(33)16-14-20/h10-16,23-24,33-34H,7-9,17-18H2,1-6H3,(H,30,35)(H,31,37). The van der Waals surface area contributed by atoms with Gasteiger partial charge >= 0.3 is 6.09 Å². The van der Waals surface area contributed by atoms with E-state index in [2.05, 4.69) is 17.6 Å². The molecule has 38 heavy (non-hydrogen) atoms. The number of para-hydroxylation sites is 1. The minimum absolute atomic E-state index is 0.0728. The van der Waals surface area contributed by atoms with Gasteiger partial charge in [0, 0.05) is 25.6 Å². The fourth-order valence-electron chi connectivity index (χ4n) is 4.00. The fourth-order valence-corrected chi connectivity index (χ4v) is 4.00. The molecule has 0 spiro atoms. The Kier molecular flexibility index (Phi) is 11.0. The van der Waals surface area contributed by atoms with E-state index >= 15 is 0 Å². The van der Waals surface area contributed by atoms with E-state index < -0.39 is 35.6 Å². The number of aryl methyl sites for hydroxylation is 1. The van der Waals surface area contributed by atoms with E-state index in [1.54, 1.807) is 58.0 Å². The number of ether oxygens (including phenoxy) is 1. The summed E-state index contributed by atoms with van der Waals surface area (Å²) >= 11 is 0. The molecule has 2 atom stereocenters. The van der Waals surface area contributed by atoms with Crippen LogP contribution in [0, 0.1) is 6.92 Å². The molecule has 208 valence electrons. The summed E-state index contributed by atoms with van der Waals surface area (Å²) in [5.41, 5.74) is 0.759.